The average Bonchev–Trinajstić information content (AvgIpc) is 3.00. The van der Waals surface area contributed by atoms with Crippen molar-refractivity contribution in [1.82, 2.24) is 10.2 Å². The maximum atomic E-state index is 12.3. The van der Waals surface area contributed by atoms with E-state index in [1.807, 2.05) is 42.5 Å². The van der Waals surface area contributed by atoms with Gasteiger partial charge >= 0.3 is 0 Å². The van der Waals surface area contributed by atoms with E-state index in [0.717, 1.165) is 21.4 Å². The van der Waals surface area contributed by atoms with Gasteiger partial charge < -0.3 is 10.1 Å². The van der Waals surface area contributed by atoms with Crippen LogP contribution in [0.15, 0.2) is 66.7 Å². The van der Waals surface area contributed by atoms with Gasteiger partial charge in [-0.3, -0.25) is 19.3 Å². The Morgan fingerprint density at radius 2 is 1.52 bits per heavy atom. The molecule has 0 radical (unpaired) electrons. The first kappa shape index (κ1) is 18.7. The predicted molar refractivity (Wildman–Crippen MR) is 109 cm³/mol. The molecule has 3 aromatic carbocycles. The highest BCUT2D eigenvalue weighted by Gasteiger charge is 2.34. The van der Waals surface area contributed by atoms with Gasteiger partial charge in [0.05, 0.1) is 17.7 Å². The lowest BCUT2D eigenvalue weighted by Gasteiger charge is -2.13. The Kier molecular flexibility index (Phi) is 5.24. The lowest BCUT2D eigenvalue weighted by atomic mass is 10.1. The third-order valence-corrected chi connectivity index (χ3v) is 4.85. The fourth-order valence-electron chi connectivity index (χ4n) is 3.36. The van der Waals surface area contributed by atoms with E-state index >= 15 is 0 Å². The molecule has 0 spiro atoms. The number of fused-ring (bicyclic) bond motifs is 2. The lowest BCUT2D eigenvalue weighted by Crippen LogP contribution is -2.35. The molecule has 3 amide bonds. The minimum absolute atomic E-state index is 0.0570. The van der Waals surface area contributed by atoms with Crippen molar-refractivity contribution in [2.24, 2.45) is 0 Å². The van der Waals surface area contributed by atoms with E-state index in [4.69, 9.17) is 4.74 Å². The van der Waals surface area contributed by atoms with E-state index < -0.39 is 0 Å². The van der Waals surface area contributed by atoms with E-state index in [2.05, 4.69) is 5.32 Å². The van der Waals surface area contributed by atoms with E-state index in [-0.39, 0.29) is 30.7 Å². The summed E-state index contributed by atoms with van der Waals surface area (Å²) in [6.07, 6.45) is 0.0570. The molecule has 0 atom stereocenters. The SMILES string of the molecule is O=C(CCN1C(=O)c2ccccc2C1=O)NCCOc1ccc2ccccc2c1. The largest absolute Gasteiger partial charge is 0.492 e. The van der Waals surface area contributed by atoms with Crippen molar-refractivity contribution in [3.05, 3.63) is 77.9 Å². The smallest absolute Gasteiger partial charge is 0.261 e. The quantitative estimate of drug-likeness (QED) is 0.499. The Morgan fingerprint density at radius 3 is 2.24 bits per heavy atom. The van der Waals surface area contributed by atoms with Gasteiger partial charge in [0, 0.05) is 13.0 Å². The molecule has 1 N–H and O–H groups in total. The van der Waals surface area contributed by atoms with Crippen LogP contribution in [0.1, 0.15) is 27.1 Å². The number of carbonyl (C=O) groups excluding carboxylic acids is 3. The van der Waals surface area contributed by atoms with Crippen LogP contribution in [0.5, 0.6) is 5.75 Å². The summed E-state index contributed by atoms with van der Waals surface area (Å²) in [5, 5.41) is 4.98. The van der Waals surface area contributed by atoms with E-state index in [9.17, 15) is 14.4 Å². The molecule has 1 aliphatic rings. The fourth-order valence-corrected chi connectivity index (χ4v) is 3.36. The van der Waals surface area contributed by atoms with E-state index in [1.54, 1.807) is 24.3 Å². The molecule has 6 heteroatoms. The fraction of sp³-hybridized carbons (Fsp3) is 0.174. The van der Waals surface area contributed by atoms with Gasteiger partial charge in [0.15, 0.2) is 0 Å². The normalized spacial score (nSPS) is 12.9. The number of carbonyl (C=O) groups is 3. The Balaban J connectivity index is 1.21. The number of rotatable bonds is 7. The highest BCUT2D eigenvalue weighted by Crippen LogP contribution is 2.22. The molecule has 4 rings (SSSR count). The number of nitrogens with one attached hydrogen (secondary N) is 1. The van der Waals surface area contributed by atoms with Gasteiger partial charge in [0.2, 0.25) is 5.91 Å². The Bertz CT molecular complexity index is 1060. The molecule has 3 aromatic rings. The molecule has 29 heavy (non-hydrogen) atoms. The van der Waals surface area contributed by atoms with Gasteiger partial charge in [0.1, 0.15) is 12.4 Å². The van der Waals surface area contributed by atoms with Crippen molar-refractivity contribution in [1.29, 1.82) is 0 Å². The van der Waals surface area contributed by atoms with Gasteiger partial charge in [-0.1, -0.05) is 42.5 Å². The second-order valence-corrected chi connectivity index (χ2v) is 6.76. The Hall–Kier alpha value is -3.67. The first-order valence-electron chi connectivity index (χ1n) is 9.47. The summed E-state index contributed by atoms with van der Waals surface area (Å²) in [5.41, 5.74) is 0.781. The molecule has 6 nitrogen and oxygen atoms in total. The standard InChI is InChI=1S/C23H20N2O4/c26-21(11-13-25-22(27)19-7-3-4-8-20(19)23(25)28)24-12-14-29-18-10-9-16-5-1-2-6-17(16)15-18/h1-10,15H,11-14H2,(H,24,26). The third kappa shape index (κ3) is 3.96. The summed E-state index contributed by atoms with van der Waals surface area (Å²) in [5.74, 6) is -0.191. The molecule has 146 valence electrons. The van der Waals surface area contributed by atoms with Crippen LogP contribution in [0.2, 0.25) is 0 Å². The highest BCUT2D eigenvalue weighted by atomic mass is 16.5. The number of amides is 3. The first-order chi connectivity index (χ1) is 14.1. The van der Waals surface area contributed by atoms with Crippen LogP contribution in [0.25, 0.3) is 10.8 Å². The van der Waals surface area contributed by atoms with Gasteiger partial charge in [-0.2, -0.15) is 0 Å². The van der Waals surface area contributed by atoms with Crippen LogP contribution in [0, 0.1) is 0 Å². The number of benzene rings is 3. The second-order valence-electron chi connectivity index (χ2n) is 6.76. The summed E-state index contributed by atoms with van der Waals surface area (Å²) in [6, 6.07) is 20.5. The van der Waals surface area contributed by atoms with Crippen LogP contribution in [0.4, 0.5) is 0 Å². The molecular weight excluding hydrogens is 368 g/mol. The molecule has 0 unspecified atom stereocenters. The lowest BCUT2D eigenvalue weighted by molar-refractivity contribution is -0.121. The number of ether oxygens (including phenoxy) is 1. The highest BCUT2D eigenvalue weighted by molar-refractivity contribution is 6.21. The molecular formula is C23H20N2O4. The van der Waals surface area contributed by atoms with Crippen molar-refractivity contribution in [2.45, 2.75) is 6.42 Å². The van der Waals surface area contributed by atoms with Gasteiger partial charge in [-0.15, -0.1) is 0 Å². The zero-order valence-electron chi connectivity index (χ0n) is 15.8. The number of hydrogen-bond donors (Lipinski definition) is 1. The maximum Gasteiger partial charge on any atom is 0.261 e. The van der Waals surface area contributed by atoms with Gasteiger partial charge in [-0.25, -0.2) is 0 Å². The van der Waals surface area contributed by atoms with Crippen molar-refractivity contribution in [3.8, 4) is 5.75 Å². The summed E-state index contributed by atoms with van der Waals surface area (Å²) in [6.45, 7) is 0.731. The van der Waals surface area contributed by atoms with Crippen molar-refractivity contribution >= 4 is 28.5 Å². The molecule has 0 bridgehead atoms. The monoisotopic (exact) mass is 388 g/mol. The summed E-state index contributed by atoms with van der Waals surface area (Å²) in [4.78, 5) is 37.7. The van der Waals surface area contributed by atoms with E-state index in [1.165, 1.54) is 0 Å². The average molecular weight is 388 g/mol. The summed E-state index contributed by atoms with van der Waals surface area (Å²) in [7, 11) is 0. The number of nitrogens with zero attached hydrogens (tertiary/aromatic N) is 1. The molecule has 0 saturated carbocycles. The van der Waals surface area contributed by atoms with Gasteiger partial charge in [-0.05, 0) is 35.0 Å². The molecule has 1 heterocycles. The van der Waals surface area contributed by atoms with Crippen LogP contribution in [-0.4, -0.2) is 42.3 Å². The molecule has 0 aliphatic carbocycles. The summed E-state index contributed by atoms with van der Waals surface area (Å²) >= 11 is 0. The Labute approximate surface area is 168 Å². The zero-order chi connectivity index (χ0) is 20.2. The van der Waals surface area contributed by atoms with Crippen molar-refractivity contribution in [2.75, 3.05) is 19.7 Å². The predicted octanol–water partition coefficient (Wildman–Crippen LogP) is 3.02. The van der Waals surface area contributed by atoms with Crippen molar-refractivity contribution < 1.29 is 19.1 Å². The van der Waals surface area contributed by atoms with E-state index in [0.29, 0.717) is 24.3 Å². The number of imide groups is 1. The Morgan fingerprint density at radius 1 is 0.862 bits per heavy atom. The molecule has 1 aliphatic heterocycles. The second kappa shape index (κ2) is 8.14. The zero-order valence-corrected chi connectivity index (χ0v) is 15.8. The molecule has 0 fully saturated rings. The third-order valence-electron chi connectivity index (χ3n) is 4.85. The maximum absolute atomic E-state index is 12.3. The van der Waals surface area contributed by atoms with Crippen molar-refractivity contribution in [3.63, 3.8) is 0 Å². The number of hydrogen-bond acceptors (Lipinski definition) is 4. The van der Waals surface area contributed by atoms with Crippen LogP contribution in [0.3, 0.4) is 0 Å². The van der Waals surface area contributed by atoms with Gasteiger partial charge in [0.25, 0.3) is 11.8 Å². The summed E-state index contributed by atoms with van der Waals surface area (Å²) < 4.78 is 5.69. The first-order valence-corrected chi connectivity index (χ1v) is 9.47. The minimum Gasteiger partial charge on any atom is -0.492 e. The topological polar surface area (TPSA) is 75.7 Å². The van der Waals surface area contributed by atoms with Crippen LogP contribution >= 0.6 is 0 Å². The molecule has 0 aromatic heterocycles. The van der Waals surface area contributed by atoms with Crippen LogP contribution in [-0.2, 0) is 4.79 Å². The van der Waals surface area contributed by atoms with Crippen LogP contribution < -0.4 is 10.1 Å². The molecule has 0 saturated heterocycles. The minimum atomic E-state index is -0.349.